The van der Waals surface area contributed by atoms with Crippen LogP contribution in [0.15, 0.2) is 46.1 Å². The van der Waals surface area contributed by atoms with Gasteiger partial charge in [0.25, 0.3) is 11.6 Å². The van der Waals surface area contributed by atoms with Crippen molar-refractivity contribution in [3.05, 3.63) is 52.5 Å². The number of carbonyl (C=O) groups excluding carboxylic acids is 1. The number of hydrogen-bond acceptors (Lipinski definition) is 7. The first-order valence-corrected chi connectivity index (χ1v) is 10.2. The van der Waals surface area contributed by atoms with Crippen molar-refractivity contribution in [2.24, 2.45) is 0 Å². The summed E-state index contributed by atoms with van der Waals surface area (Å²) in [5.41, 5.74) is 0.482. The molecule has 0 spiro atoms. The number of nitrogens with one attached hydrogen (secondary N) is 1. The first kappa shape index (κ1) is 18.9. The number of sulfone groups is 1. The highest BCUT2D eigenvalue weighted by Crippen LogP contribution is 2.29. The van der Waals surface area contributed by atoms with Gasteiger partial charge in [0.2, 0.25) is 0 Å². The van der Waals surface area contributed by atoms with Crippen molar-refractivity contribution < 1.29 is 22.6 Å². The van der Waals surface area contributed by atoms with Crippen LogP contribution in [0, 0.1) is 10.1 Å². The van der Waals surface area contributed by atoms with E-state index in [9.17, 15) is 23.3 Å². The van der Waals surface area contributed by atoms with Crippen LogP contribution < -0.4 is 5.32 Å². The number of hydrogen-bond donors (Lipinski definition) is 1. The van der Waals surface area contributed by atoms with E-state index in [-0.39, 0.29) is 28.2 Å². The molecule has 1 aliphatic heterocycles. The fourth-order valence-corrected chi connectivity index (χ4v) is 3.67. The molecule has 1 saturated heterocycles. The van der Waals surface area contributed by atoms with Crippen LogP contribution in [-0.4, -0.2) is 49.5 Å². The molecule has 1 amide bonds. The van der Waals surface area contributed by atoms with E-state index < -0.39 is 14.8 Å². The molecule has 1 aromatic carbocycles. The number of rotatable bonds is 5. The monoisotopic (exact) mass is 393 g/mol. The molecule has 0 atom stereocenters. The van der Waals surface area contributed by atoms with Crippen molar-refractivity contribution >= 4 is 27.1 Å². The summed E-state index contributed by atoms with van der Waals surface area (Å²) in [7, 11) is -3.53. The summed E-state index contributed by atoms with van der Waals surface area (Å²) >= 11 is 0. The Hall–Kier alpha value is -2.88. The predicted octanol–water partition coefficient (Wildman–Crippen LogP) is 2.31. The summed E-state index contributed by atoms with van der Waals surface area (Å²) in [4.78, 5) is 24.6. The fourth-order valence-electron chi connectivity index (χ4n) is 3.03. The zero-order valence-electron chi connectivity index (χ0n) is 14.6. The van der Waals surface area contributed by atoms with E-state index in [2.05, 4.69) is 5.32 Å². The second-order valence-electron chi connectivity index (χ2n) is 6.43. The molecule has 10 heteroatoms. The lowest BCUT2D eigenvalue weighted by Gasteiger charge is -2.32. The van der Waals surface area contributed by atoms with Gasteiger partial charge in [0.1, 0.15) is 12.0 Å². The van der Waals surface area contributed by atoms with Crippen molar-refractivity contribution in [1.82, 2.24) is 4.90 Å². The van der Waals surface area contributed by atoms with Gasteiger partial charge in [-0.15, -0.1) is 0 Å². The minimum atomic E-state index is -3.53. The molecule has 144 valence electrons. The molecule has 0 saturated carbocycles. The first-order chi connectivity index (χ1) is 12.8. The molecule has 0 bridgehead atoms. The molecule has 0 unspecified atom stereocenters. The second-order valence-corrected chi connectivity index (χ2v) is 8.45. The van der Waals surface area contributed by atoms with Gasteiger partial charge in [-0.05, 0) is 31.0 Å². The number of piperidine rings is 1. The van der Waals surface area contributed by atoms with Crippen LogP contribution in [0.2, 0.25) is 0 Å². The highest BCUT2D eigenvalue weighted by molar-refractivity contribution is 7.90. The maximum Gasteiger partial charge on any atom is 0.293 e. The normalized spacial score (nSPS) is 15.5. The maximum absolute atomic E-state index is 12.3. The molecule has 27 heavy (non-hydrogen) atoms. The lowest BCUT2D eigenvalue weighted by atomic mass is 10.0. The third-order valence-corrected chi connectivity index (χ3v) is 5.61. The van der Waals surface area contributed by atoms with Gasteiger partial charge in [0.15, 0.2) is 9.84 Å². The molecule has 0 aliphatic carbocycles. The molecular formula is C17H19N3O6S. The van der Waals surface area contributed by atoms with Gasteiger partial charge in [-0.1, -0.05) is 0 Å². The van der Waals surface area contributed by atoms with E-state index in [1.807, 2.05) is 0 Å². The van der Waals surface area contributed by atoms with Gasteiger partial charge in [0.05, 0.1) is 21.6 Å². The van der Waals surface area contributed by atoms with Crippen molar-refractivity contribution in [2.75, 3.05) is 24.7 Å². The molecule has 1 aromatic heterocycles. The molecule has 0 radical (unpaired) electrons. The number of nitro benzene ring substituents is 1. The molecule has 1 N–H and O–H groups in total. The maximum atomic E-state index is 12.3. The third kappa shape index (κ3) is 4.27. The smallest absolute Gasteiger partial charge is 0.293 e. The second kappa shape index (κ2) is 7.39. The SMILES string of the molecule is CS(=O)(=O)c1ccc(NC2CCN(C(=O)c3ccoc3)CC2)c([N+](=O)[O-])c1. The van der Waals surface area contributed by atoms with E-state index in [4.69, 9.17) is 4.42 Å². The van der Waals surface area contributed by atoms with Crippen molar-refractivity contribution in [3.63, 3.8) is 0 Å². The zero-order valence-corrected chi connectivity index (χ0v) is 15.4. The van der Waals surface area contributed by atoms with Gasteiger partial charge >= 0.3 is 0 Å². The Labute approximate surface area is 156 Å². The number of nitro groups is 1. The quantitative estimate of drug-likeness (QED) is 0.611. The molecule has 1 fully saturated rings. The summed E-state index contributed by atoms with van der Waals surface area (Å²) in [6, 6.07) is 5.38. The lowest BCUT2D eigenvalue weighted by molar-refractivity contribution is -0.384. The van der Waals surface area contributed by atoms with Crippen molar-refractivity contribution in [1.29, 1.82) is 0 Å². The van der Waals surface area contributed by atoms with Crippen LogP contribution in [0.25, 0.3) is 0 Å². The van der Waals surface area contributed by atoms with Gasteiger partial charge in [0, 0.05) is 31.5 Å². The van der Waals surface area contributed by atoms with Gasteiger partial charge in [-0.3, -0.25) is 14.9 Å². The largest absolute Gasteiger partial charge is 0.472 e. The number of amides is 1. The van der Waals surface area contributed by atoms with Crippen molar-refractivity contribution in [3.8, 4) is 0 Å². The summed E-state index contributed by atoms with van der Waals surface area (Å²) in [6.07, 6.45) is 5.09. The number of likely N-dealkylation sites (tertiary alicyclic amines) is 1. The summed E-state index contributed by atoms with van der Waals surface area (Å²) in [5, 5.41) is 14.4. The standard InChI is InChI=1S/C17H19N3O6S/c1-27(24,25)14-2-3-15(16(10-14)20(22)23)18-13-4-7-19(8-5-13)17(21)12-6-9-26-11-12/h2-3,6,9-11,13,18H,4-5,7-8H2,1H3. The van der Waals surface area contributed by atoms with Gasteiger partial charge in [-0.2, -0.15) is 0 Å². The number of benzene rings is 1. The first-order valence-electron chi connectivity index (χ1n) is 8.32. The Balaban J connectivity index is 1.68. The van der Waals surface area contributed by atoms with Crippen LogP contribution >= 0.6 is 0 Å². The summed E-state index contributed by atoms with van der Waals surface area (Å²) < 4.78 is 28.2. The van der Waals surface area contributed by atoms with Crippen LogP contribution in [0.5, 0.6) is 0 Å². The van der Waals surface area contributed by atoms with Crippen LogP contribution in [0.3, 0.4) is 0 Å². The van der Waals surface area contributed by atoms with Gasteiger partial charge in [-0.25, -0.2) is 8.42 Å². The minimum absolute atomic E-state index is 0.0545. The van der Waals surface area contributed by atoms with Crippen LogP contribution in [0.1, 0.15) is 23.2 Å². The average molecular weight is 393 g/mol. The number of carbonyl (C=O) groups is 1. The molecule has 3 rings (SSSR count). The molecule has 2 heterocycles. The Morgan fingerprint density at radius 3 is 2.56 bits per heavy atom. The van der Waals surface area contributed by atoms with E-state index in [0.717, 1.165) is 12.3 Å². The predicted molar refractivity (Wildman–Crippen MR) is 97.5 cm³/mol. The van der Waals surface area contributed by atoms with Crippen LogP contribution in [0.4, 0.5) is 11.4 Å². The van der Waals surface area contributed by atoms with E-state index in [1.165, 1.54) is 24.7 Å². The number of furan rings is 1. The lowest BCUT2D eigenvalue weighted by Crippen LogP contribution is -2.42. The van der Waals surface area contributed by atoms with E-state index in [0.29, 0.717) is 31.5 Å². The number of anilines is 1. The Bertz CT molecular complexity index is 947. The highest BCUT2D eigenvalue weighted by atomic mass is 32.2. The zero-order chi connectivity index (χ0) is 19.6. The Morgan fingerprint density at radius 1 is 1.30 bits per heavy atom. The topological polar surface area (TPSA) is 123 Å². The fraction of sp³-hybridized carbons (Fsp3) is 0.353. The highest BCUT2D eigenvalue weighted by Gasteiger charge is 2.26. The Kier molecular flexibility index (Phi) is 5.17. The van der Waals surface area contributed by atoms with Crippen LogP contribution in [-0.2, 0) is 9.84 Å². The Morgan fingerprint density at radius 2 is 2.00 bits per heavy atom. The summed E-state index contributed by atoms with van der Waals surface area (Å²) in [6.45, 7) is 1.02. The van der Waals surface area contributed by atoms with E-state index in [1.54, 1.807) is 11.0 Å². The minimum Gasteiger partial charge on any atom is -0.472 e. The summed E-state index contributed by atoms with van der Waals surface area (Å²) in [5.74, 6) is -0.106. The average Bonchev–Trinajstić information content (AvgIpc) is 3.15. The van der Waals surface area contributed by atoms with Gasteiger partial charge < -0.3 is 14.6 Å². The number of nitrogens with zero attached hydrogens (tertiary/aromatic N) is 2. The van der Waals surface area contributed by atoms with E-state index >= 15 is 0 Å². The molecule has 1 aliphatic rings. The molecule has 9 nitrogen and oxygen atoms in total. The van der Waals surface area contributed by atoms with Crippen molar-refractivity contribution in [2.45, 2.75) is 23.8 Å². The molecule has 2 aromatic rings. The molecular weight excluding hydrogens is 374 g/mol. The third-order valence-electron chi connectivity index (χ3n) is 4.50.